The third-order valence-corrected chi connectivity index (χ3v) is 6.24. The number of hydrogen-bond acceptors (Lipinski definition) is 3. The van der Waals surface area contributed by atoms with Gasteiger partial charge in [0.15, 0.2) is 0 Å². The normalized spacial score (nSPS) is 17.7. The molecule has 0 atom stereocenters. The van der Waals surface area contributed by atoms with Gasteiger partial charge in [-0.1, -0.05) is 48.0 Å². The zero-order valence-electron chi connectivity index (χ0n) is 18.4. The van der Waals surface area contributed by atoms with Gasteiger partial charge in [0.05, 0.1) is 11.2 Å². The summed E-state index contributed by atoms with van der Waals surface area (Å²) in [4.78, 5) is 0. The Morgan fingerprint density at radius 1 is 0.759 bits per heavy atom. The van der Waals surface area contributed by atoms with Gasteiger partial charge in [-0.3, -0.25) is 0 Å². The molecule has 0 aromatic heterocycles. The number of fused-ring (bicyclic) bond motifs is 1. The van der Waals surface area contributed by atoms with Crippen molar-refractivity contribution in [2.75, 3.05) is 0 Å². The van der Waals surface area contributed by atoms with Crippen molar-refractivity contribution >= 4 is 23.4 Å². The van der Waals surface area contributed by atoms with Crippen LogP contribution >= 0.6 is 0 Å². The Balaban J connectivity index is 1.78. The summed E-state index contributed by atoms with van der Waals surface area (Å²) in [6.45, 7) is 14.6. The van der Waals surface area contributed by atoms with Crippen LogP contribution < -0.4 is 10.2 Å². The molecule has 0 amide bonds. The molecule has 3 aromatic carbocycles. The highest BCUT2D eigenvalue weighted by Gasteiger charge is 2.52. The molecule has 0 saturated carbocycles. The van der Waals surface area contributed by atoms with Gasteiger partial charge in [-0.2, -0.15) is 0 Å². The van der Waals surface area contributed by atoms with Crippen LogP contribution in [0.4, 0.5) is 0 Å². The molecule has 0 unspecified atom stereocenters. The van der Waals surface area contributed by atoms with E-state index in [1.54, 1.807) is 0 Å². The molecular formula is C25H29BO3. The van der Waals surface area contributed by atoms with Gasteiger partial charge in [0.2, 0.25) is 0 Å². The highest BCUT2D eigenvalue weighted by molar-refractivity contribution is 6.65. The van der Waals surface area contributed by atoms with Gasteiger partial charge in [-0.25, -0.2) is 0 Å². The van der Waals surface area contributed by atoms with E-state index in [0.29, 0.717) is 0 Å². The van der Waals surface area contributed by atoms with Crippen LogP contribution in [-0.2, 0) is 9.31 Å². The molecule has 1 fully saturated rings. The fourth-order valence-electron chi connectivity index (χ4n) is 4.00. The number of aryl methyl sites for hydroxylation is 3. The van der Waals surface area contributed by atoms with Crippen molar-refractivity contribution in [1.82, 2.24) is 0 Å². The minimum Gasteiger partial charge on any atom is -0.456 e. The Bertz CT molecular complexity index is 1050. The van der Waals surface area contributed by atoms with Crippen molar-refractivity contribution in [3.63, 3.8) is 0 Å². The van der Waals surface area contributed by atoms with Gasteiger partial charge in [0, 0.05) is 5.39 Å². The molecule has 150 valence electrons. The van der Waals surface area contributed by atoms with Gasteiger partial charge >= 0.3 is 7.12 Å². The molecule has 1 saturated heterocycles. The lowest BCUT2D eigenvalue weighted by Gasteiger charge is -2.32. The number of hydrogen-bond donors (Lipinski definition) is 0. The molecule has 29 heavy (non-hydrogen) atoms. The molecule has 4 heteroatoms. The van der Waals surface area contributed by atoms with Gasteiger partial charge in [0.25, 0.3) is 0 Å². The van der Waals surface area contributed by atoms with Crippen LogP contribution in [0.3, 0.4) is 0 Å². The largest absolute Gasteiger partial charge is 0.495 e. The molecular weight excluding hydrogens is 359 g/mol. The summed E-state index contributed by atoms with van der Waals surface area (Å²) in [7, 11) is -0.401. The zero-order chi connectivity index (χ0) is 21.0. The molecule has 0 spiro atoms. The highest BCUT2D eigenvalue weighted by Crippen LogP contribution is 2.38. The average Bonchev–Trinajstić information content (AvgIpc) is 2.85. The second-order valence-corrected chi connectivity index (χ2v) is 9.12. The van der Waals surface area contributed by atoms with Crippen LogP contribution in [-0.4, -0.2) is 18.3 Å². The lowest BCUT2D eigenvalue weighted by molar-refractivity contribution is 0.00578. The van der Waals surface area contributed by atoms with Crippen LogP contribution in [0, 0.1) is 20.8 Å². The fraction of sp³-hybridized carbons (Fsp3) is 0.360. The Morgan fingerprint density at radius 2 is 1.31 bits per heavy atom. The Kier molecular flexibility index (Phi) is 4.75. The van der Waals surface area contributed by atoms with Crippen molar-refractivity contribution < 1.29 is 14.0 Å². The quantitative estimate of drug-likeness (QED) is 0.527. The summed E-state index contributed by atoms with van der Waals surface area (Å²) in [5.41, 5.74) is 3.81. The standard InChI is InChI=1S/C25H29BO3/c1-16-14-17(2)23(18(3)15-16)27-22-13-12-21(19-10-8-9-11-20(19)22)26-28-24(4,5)25(6,7)29-26/h8-15H,1-7H3. The monoisotopic (exact) mass is 388 g/mol. The topological polar surface area (TPSA) is 27.7 Å². The van der Waals surface area contributed by atoms with Crippen molar-refractivity contribution in [3.05, 3.63) is 65.2 Å². The van der Waals surface area contributed by atoms with Crippen molar-refractivity contribution in [2.45, 2.75) is 59.7 Å². The van der Waals surface area contributed by atoms with Crippen molar-refractivity contribution in [3.8, 4) is 11.5 Å². The van der Waals surface area contributed by atoms with Crippen LogP contribution in [0.2, 0.25) is 0 Å². The summed E-state index contributed by atoms with van der Waals surface area (Å²) >= 11 is 0. The molecule has 3 nitrogen and oxygen atoms in total. The Morgan fingerprint density at radius 3 is 1.90 bits per heavy atom. The first-order chi connectivity index (χ1) is 13.6. The maximum atomic E-state index is 6.43. The lowest BCUT2D eigenvalue weighted by atomic mass is 9.76. The fourth-order valence-corrected chi connectivity index (χ4v) is 4.00. The van der Waals surface area contributed by atoms with Crippen LogP contribution in [0.1, 0.15) is 44.4 Å². The van der Waals surface area contributed by atoms with E-state index >= 15 is 0 Å². The third kappa shape index (κ3) is 3.45. The van der Waals surface area contributed by atoms with E-state index in [1.807, 2.05) is 18.2 Å². The molecule has 1 aliphatic heterocycles. The summed E-state index contributed by atoms with van der Waals surface area (Å²) in [5.74, 6) is 1.76. The van der Waals surface area contributed by atoms with E-state index in [1.165, 1.54) is 5.56 Å². The van der Waals surface area contributed by atoms with Gasteiger partial charge in [-0.05, 0) is 76.5 Å². The SMILES string of the molecule is Cc1cc(C)c(Oc2ccc(B3OC(C)(C)C(C)(C)O3)c3ccccc23)c(C)c1. The molecule has 1 heterocycles. The second-order valence-electron chi connectivity index (χ2n) is 9.12. The maximum absolute atomic E-state index is 6.43. The van der Waals surface area contributed by atoms with E-state index in [2.05, 4.69) is 78.8 Å². The molecule has 3 aromatic rings. The molecule has 1 aliphatic rings. The van der Waals surface area contributed by atoms with Crippen molar-refractivity contribution in [2.24, 2.45) is 0 Å². The number of benzene rings is 3. The zero-order valence-corrected chi connectivity index (χ0v) is 18.4. The first-order valence-corrected chi connectivity index (χ1v) is 10.2. The molecule has 4 rings (SSSR count). The van der Waals surface area contributed by atoms with Crippen molar-refractivity contribution in [1.29, 1.82) is 0 Å². The Labute approximate surface area is 174 Å². The maximum Gasteiger partial charge on any atom is 0.495 e. The number of rotatable bonds is 3. The predicted molar refractivity (Wildman–Crippen MR) is 120 cm³/mol. The second kappa shape index (κ2) is 6.89. The number of ether oxygens (including phenoxy) is 1. The summed E-state index contributed by atoms with van der Waals surface area (Å²) < 4.78 is 19.0. The van der Waals surface area contributed by atoms with Crippen LogP contribution in [0.15, 0.2) is 48.5 Å². The minimum absolute atomic E-state index is 0.371. The molecule has 0 radical (unpaired) electrons. The minimum atomic E-state index is -0.401. The van der Waals surface area contributed by atoms with Crippen LogP contribution in [0.25, 0.3) is 10.8 Å². The predicted octanol–water partition coefficient (Wildman–Crippen LogP) is 5.86. The average molecular weight is 388 g/mol. The third-order valence-electron chi connectivity index (χ3n) is 6.24. The van der Waals surface area contributed by atoms with Gasteiger partial charge in [0.1, 0.15) is 11.5 Å². The van der Waals surface area contributed by atoms with Gasteiger partial charge in [-0.15, -0.1) is 0 Å². The smallest absolute Gasteiger partial charge is 0.456 e. The Hall–Kier alpha value is -2.30. The molecule has 0 bridgehead atoms. The summed E-state index contributed by atoms with van der Waals surface area (Å²) in [6, 6.07) is 16.7. The van der Waals surface area contributed by atoms with E-state index < -0.39 is 7.12 Å². The van der Waals surface area contributed by atoms with Gasteiger partial charge < -0.3 is 14.0 Å². The summed E-state index contributed by atoms with van der Waals surface area (Å²) in [5, 5.41) is 2.14. The molecule has 0 N–H and O–H groups in total. The van der Waals surface area contributed by atoms with E-state index in [4.69, 9.17) is 14.0 Å². The molecule has 0 aliphatic carbocycles. The first kappa shape index (κ1) is 20.0. The highest BCUT2D eigenvalue weighted by atomic mass is 16.7. The van der Waals surface area contributed by atoms with E-state index in [0.717, 1.165) is 38.9 Å². The summed E-state index contributed by atoms with van der Waals surface area (Å²) in [6.07, 6.45) is 0. The first-order valence-electron chi connectivity index (χ1n) is 10.2. The van der Waals surface area contributed by atoms with E-state index in [-0.39, 0.29) is 11.2 Å². The van der Waals surface area contributed by atoms with Crippen LogP contribution in [0.5, 0.6) is 11.5 Å². The van der Waals surface area contributed by atoms with E-state index in [9.17, 15) is 0 Å². The lowest BCUT2D eigenvalue weighted by Crippen LogP contribution is -2.41.